The van der Waals surface area contributed by atoms with Gasteiger partial charge in [0.2, 0.25) is 12.2 Å². The van der Waals surface area contributed by atoms with E-state index in [9.17, 15) is 19.8 Å². The molecule has 6 nitrogen and oxygen atoms in total. The molecule has 0 spiro atoms. The Hall–Kier alpha value is -3.20. The highest BCUT2D eigenvalue weighted by Gasteiger charge is 2.12. The number of aromatic hydroxyl groups is 2. The maximum Gasteiger partial charge on any atom is 0.240 e. The van der Waals surface area contributed by atoms with Crippen LogP contribution in [0.25, 0.3) is 0 Å². The van der Waals surface area contributed by atoms with Crippen LogP contribution >= 0.6 is 0 Å². The summed E-state index contributed by atoms with van der Waals surface area (Å²) >= 11 is 0. The van der Waals surface area contributed by atoms with Gasteiger partial charge >= 0.3 is 0 Å². The third-order valence-corrected chi connectivity index (χ3v) is 2.89. The number of nitrogens with zero attached hydrogens (tertiary/aromatic N) is 2. The lowest BCUT2D eigenvalue weighted by molar-refractivity contribution is 0.475. The van der Waals surface area contributed by atoms with E-state index in [1.54, 1.807) is 24.3 Å². The molecule has 0 unspecified atom stereocenters. The fourth-order valence-electron chi connectivity index (χ4n) is 2.00. The van der Waals surface area contributed by atoms with Crippen molar-refractivity contribution in [3.8, 4) is 11.5 Å². The van der Waals surface area contributed by atoms with Crippen molar-refractivity contribution in [2.24, 2.45) is 9.98 Å². The van der Waals surface area contributed by atoms with Gasteiger partial charge in [0.05, 0.1) is 0 Å². The largest absolute Gasteiger partial charge is 0.506 e. The molecule has 0 saturated heterocycles. The summed E-state index contributed by atoms with van der Waals surface area (Å²) in [5.41, 5.74) is 1.26. The van der Waals surface area contributed by atoms with Crippen molar-refractivity contribution < 1.29 is 19.8 Å². The molecular formula is C15H10N2O4. The summed E-state index contributed by atoms with van der Waals surface area (Å²) in [6, 6.07) is 9.31. The van der Waals surface area contributed by atoms with Crippen molar-refractivity contribution >= 4 is 23.5 Å². The minimum atomic E-state index is -0.156. The Morgan fingerprint density at radius 2 is 1.24 bits per heavy atom. The predicted molar refractivity (Wildman–Crippen MR) is 74.6 cm³/mol. The molecule has 0 aliphatic carbocycles. The standard InChI is InChI=1S/C15H10N2O4/c18-8-16-14-10(3-1-5-12(14)20)7-11-4-2-6-13(21)15(11)17-9-19/h1-6,20-21H,7H2. The second-order valence-corrected chi connectivity index (χ2v) is 4.15. The van der Waals surface area contributed by atoms with Gasteiger partial charge in [-0.25, -0.2) is 9.59 Å². The molecule has 0 aromatic heterocycles. The summed E-state index contributed by atoms with van der Waals surface area (Å²) in [7, 11) is 0. The van der Waals surface area contributed by atoms with Crippen LogP contribution in [0.3, 0.4) is 0 Å². The van der Waals surface area contributed by atoms with Crippen LogP contribution in [0.5, 0.6) is 11.5 Å². The fraction of sp³-hybridized carbons (Fsp3) is 0.0667. The smallest absolute Gasteiger partial charge is 0.240 e. The Morgan fingerprint density at radius 3 is 1.62 bits per heavy atom. The van der Waals surface area contributed by atoms with Crippen LogP contribution in [0.15, 0.2) is 46.4 Å². The van der Waals surface area contributed by atoms with Crippen molar-refractivity contribution in [2.75, 3.05) is 0 Å². The maximum atomic E-state index is 10.4. The topological polar surface area (TPSA) is 99.3 Å². The average Bonchev–Trinajstić information content (AvgIpc) is 2.46. The number of para-hydroxylation sites is 2. The van der Waals surface area contributed by atoms with E-state index >= 15 is 0 Å². The molecule has 0 heterocycles. The molecule has 0 bridgehead atoms. The number of hydrogen-bond acceptors (Lipinski definition) is 6. The zero-order chi connectivity index (χ0) is 15.2. The fourth-order valence-corrected chi connectivity index (χ4v) is 2.00. The van der Waals surface area contributed by atoms with E-state index in [4.69, 9.17) is 0 Å². The first-order valence-corrected chi connectivity index (χ1v) is 5.95. The first-order valence-electron chi connectivity index (χ1n) is 5.95. The van der Waals surface area contributed by atoms with E-state index in [2.05, 4.69) is 9.98 Å². The lowest BCUT2D eigenvalue weighted by Crippen LogP contribution is -1.90. The Bertz CT molecular complexity index is 708. The van der Waals surface area contributed by atoms with E-state index in [0.717, 1.165) is 0 Å². The molecule has 0 amide bonds. The molecule has 104 valence electrons. The van der Waals surface area contributed by atoms with E-state index in [1.807, 2.05) is 0 Å². The molecular weight excluding hydrogens is 272 g/mol. The summed E-state index contributed by atoms with van der Waals surface area (Å²) in [6.07, 6.45) is 2.98. The van der Waals surface area contributed by atoms with Gasteiger partial charge in [-0.3, -0.25) is 0 Å². The molecule has 2 aromatic rings. The van der Waals surface area contributed by atoms with Crippen LogP contribution in [0.1, 0.15) is 11.1 Å². The third-order valence-electron chi connectivity index (χ3n) is 2.89. The molecule has 0 fully saturated rings. The zero-order valence-corrected chi connectivity index (χ0v) is 10.8. The first-order chi connectivity index (χ1) is 10.2. The van der Waals surface area contributed by atoms with Crippen molar-refractivity contribution in [1.29, 1.82) is 0 Å². The Labute approximate surface area is 119 Å². The highest BCUT2D eigenvalue weighted by molar-refractivity contribution is 5.66. The van der Waals surface area contributed by atoms with Gasteiger partial charge in [-0.2, -0.15) is 9.98 Å². The highest BCUT2D eigenvalue weighted by atomic mass is 16.3. The molecule has 2 N–H and O–H groups in total. The first kappa shape index (κ1) is 14.2. The number of phenols is 2. The van der Waals surface area contributed by atoms with E-state index in [0.29, 0.717) is 11.1 Å². The monoisotopic (exact) mass is 282 g/mol. The van der Waals surface area contributed by atoms with Gasteiger partial charge in [0.25, 0.3) is 0 Å². The molecule has 0 atom stereocenters. The molecule has 0 saturated carbocycles. The van der Waals surface area contributed by atoms with Gasteiger partial charge in [0.15, 0.2) is 0 Å². The normalized spacial score (nSPS) is 9.52. The van der Waals surface area contributed by atoms with Crippen molar-refractivity contribution in [3.05, 3.63) is 47.5 Å². The minimum Gasteiger partial charge on any atom is -0.506 e. The summed E-state index contributed by atoms with van der Waals surface area (Å²) in [5, 5.41) is 19.4. The van der Waals surface area contributed by atoms with E-state index in [1.165, 1.54) is 24.3 Å². The predicted octanol–water partition coefficient (Wildman–Crippen LogP) is 2.62. The molecule has 21 heavy (non-hydrogen) atoms. The van der Waals surface area contributed by atoms with Crippen molar-refractivity contribution in [1.82, 2.24) is 0 Å². The van der Waals surface area contributed by atoms with Crippen LogP contribution in [0, 0.1) is 0 Å². The SMILES string of the molecule is O=C=Nc1c(O)cccc1Cc1cccc(O)c1N=C=O. The van der Waals surface area contributed by atoms with Crippen LogP contribution in [0.4, 0.5) is 11.4 Å². The number of rotatable bonds is 4. The van der Waals surface area contributed by atoms with E-state index in [-0.39, 0.29) is 29.3 Å². The minimum absolute atomic E-state index is 0.0943. The second-order valence-electron chi connectivity index (χ2n) is 4.15. The molecule has 2 rings (SSSR count). The van der Waals surface area contributed by atoms with E-state index < -0.39 is 0 Å². The number of carbonyl (C=O) groups excluding carboxylic acids is 2. The summed E-state index contributed by atoms with van der Waals surface area (Å²) in [5.74, 6) is -0.312. The number of isocyanates is 2. The number of benzene rings is 2. The number of aliphatic imine (C=N–C) groups is 2. The number of hydrogen-bond donors (Lipinski definition) is 2. The Kier molecular flexibility index (Phi) is 4.26. The van der Waals surface area contributed by atoms with Crippen LogP contribution in [-0.2, 0) is 16.0 Å². The van der Waals surface area contributed by atoms with Crippen molar-refractivity contribution in [3.63, 3.8) is 0 Å². The van der Waals surface area contributed by atoms with Crippen LogP contribution < -0.4 is 0 Å². The number of phenolic OH excluding ortho intramolecular Hbond substituents is 2. The summed E-state index contributed by atoms with van der Waals surface area (Å²) in [4.78, 5) is 27.8. The summed E-state index contributed by atoms with van der Waals surface area (Å²) < 4.78 is 0. The molecule has 6 heteroatoms. The zero-order valence-electron chi connectivity index (χ0n) is 10.8. The molecule has 0 aliphatic heterocycles. The van der Waals surface area contributed by atoms with Gasteiger partial charge in [-0.15, -0.1) is 0 Å². The average molecular weight is 282 g/mol. The van der Waals surface area contributed by atoms with Gasteiger partial charge in [0, 0.05) is 6.42 Å². The molecule has 0 radical (unpaired) electrons. The van der Waals surface area contributed by atoms with Gasteiger partial charge in [-0.05, 0) is 23.3 Å². The van der Waals surface area contributed by atoms with Crippen LogP contribution in [-0.4, -0.2) is 22.4 Å². The molecule has 2 aromatic carbocycles. The Morgan fingerprint density at radius 1 is 0.810 bits per heavy atom. The van der Waals surface area contributed by atoms with Gasteiger partial charge < -0.3 is 10.2 Å². The summed E-state index contributed by atoms with van der Waals surface area (Å²) in [6.45, 7) is 0. The third kappa shape index (κ3) is 3.04. The second kappa shape index (κ2) is 6.30. The maximum absolute atomic E-state index is 10.4. The lowest BCUT2D eigenvalue weighted by atomic mass is 10.0. The molecule has 0 aliphatic rings. The van der Waals surface area contributed by atoms with Crippen LogP contribution in [0.2, 0.25) is 0 Å². The quantitative estimate of drug-likeness (QED) is 0.665. The highest BCUT2D eigenvalue weighted by Crippen LogP contribution is 2.36. The lowest BCUT2D eigenvalue weighted by Gasteiger charge is -2.09. The Balaban J connectivity index is 2.53. The van der Waals surface area contributed by atoms with Gasteiger partial charge in [-0.1, -0.05) is 24.3 Å². The van der Waals surface area contributed by atoms with Gasteiger partial charge in [0.1, 0.15) is 22.9 Å². The van der Waals surface area contributed by atoms with Crippen molar-refractivity contribution in [2.45, 2.75) is 6.42 Å².